The van der Waals surface area contributed by atoms with Crippen molar-refractivity contribution in [3.63, 3.8) is 0 Å². The van der Waals surface area contributed by atoms with E-state index in [2.05, 4.69) is 25.6 Å². The van der Waals surface area contributed by atoms with E-state index in [1.807, 2.05) is 39.0 Å². The second-order valence-electron chi connectivity index (χ2n) is 8.24. The van der Waals surface area contributed by atoms with Gasteiger partial charge in [0.25, 0.3) is 5.91 Å². The summed E-state index contributed by atoms with van der Waals surface area (Å²) in [5.41, 5.74) is 7.80. The fourth-order valence-corrected chi connectivity index (χ4v) is 3.78. The molecule has 0 radical (unpaired) electrons. The number of carbonyl (C=O) groups excluding carboxylic acids is 1. The van der Waals surface area contributed by atoms with Gasteiger partial charge in [-0.1, -0.05) is 24.5 Å². The van der Waals surface area contributed by atoms with Gasteiger partial charge in [-0.2, -0.15) is 0 Å². The number of aliphatic imine (C=N–C) groups is 1. The number of benzene rings is 1. The summed E-state index contributed by atoms with van der Waals surface area (Å²) in [6.45, 7) is 5.82. The van der Waals surface area contributed by atoms with Gasteiger partial charge in [-0.05, 0) is 45.7 Å². The molecule has 1 aliphatic rings. The molecule has 1 heterocycles. The van der Waals surface area contributed by atoms with Crippen molar-refractivity contribution >= 4 is 28.5 Å². The molecular formula is C22H32N6O2. The number of amides is 1. The Bertz CT molecular complexity index is 927. The van der Waals surface area contributed by atoms with Gasteiger partial charge in [0.2, 0.25) is 5.82 Å². The third-order valence-electron chi connectivity index (χ3n) is 5.23. The first-order chi connectivity index (χ1) is 14.4. The quantitative estimate of drug-likeness (QED) is 0.409. The molecule has 3 rings (SSSR count). The Hall–Kier alpha value is -2.74. The predicted molar refractivity (Wildman–Crippen MR) is 120 cm³/mol. The second kappa shape index (κ2) is 9.84. The summed E-state index contributed by atoms with van der Waals surface area (Å²) < 4.78 is 0. The molecule has 5 N–H and O–H groups in total. The van der Waals surface area contributed by atoms with E-state index in [4.69, 9.17) is 10.8 Å². The first kappa shape index (κ1) is 22.0. The van der Waals surface area contributed by atoms with Crippen LogP contribution < -0.4 is 16.4 Å². The minimum Gasteiger partial charge on any atom is -0.396 e. The highest BCUT2D eigenvalue weighted by Gasteiger charge is 2.26. The van der Waals surface area contributed by atoms with Crippen molar-refractivity contribution in [3.8, 4) is 0 Å². The highest BCUT2D eigenvalue weighted by atomic mass is 16.3. The molecule has 1 saturated carbocycles. The van der Waals surface area contributed by atoms with Gasteiger partial charge in [0.1, 0.15) is 5.82 Å². The zero-order chi connectivity index (χ0) is 21.7. The van der Waals surface area contributed by atoms with Gasteiger partial charge in [-0.15, -0.1) is 0 Å². The average Bonchev–Trinajstić information content (AvgIpc) is 2.69. The molecule has 1 aromatic heterocycles. The van der Waals surface area contributed by atoms with Crippen molar-refractivity contribution in [1.29, 1.82) is 0 Å². The standard InChI is InChI=1S/C22H32N6O2/c1-13(2)24-22(30)21-26-16-9-8-14(3)12-15(16)20(28-21)27-18-7-5-4-6-17(18)25-19(23)10-11-29/h8-9,12-13,17-18,29H,4-7,10-11H2,1-3H3,(H2,23,25)(H,24,30)(H,26,27,28)/t17-,18+/m0/s1. The molecule has 0 aliphatic heterocycles. The van der Waals surface area contributed by atoms with Crippen molar-refractivity contribution in [3.05, 3.63) is 29.6 Å². The fourth-order valence-electron chi connectivity index (χ4n) is 3.78. The zero-order valence-corrected chi connectivity index (χ0v) is 18.0. The SMILES string of the molecule is Cc1ccc2nc(C(=O)NC(C)C)nc(N[C@@H]3CCCC[C@@H]3N=C(N)CCO)c2c1. The van der Waals surface area contributed by atoms with Gasteiger partial charge in [0.05, 0.1) is 24.0 Å². The molecule has 1 fully saturated rings. The van der Waals surface area contributed by atoms with Crippen LogP contribution in [0.1, 0.15) is 62.1 Å². The number of fused-ring (bicyclic) bond motifs is 1. The summed E-state index contributed by atoms with van der Waals surface area (Å²) in [6, 6.07) is 5.98. The molecule has 8 nitrogen and oxygen atoms in total. The maximum Gasteiger partial charge on any atom is 0.289 e. The van der Waals surface area contributed by atoms with Gasteiger partial charge in [0, 0.05) is 23.9 Å². The van der Waals surface area contributed by atoms with E-state index in [9.17, 15) is 4.79 Å². The molecule has 1 aliphatic carbocycles. The highest BCUT2D eigenvalue weighted by molar-refractivity contribution is 5.96. The average molecular weight is 413 g/mol. The Morgan fingerprint density at radius 1 is 1.30 bits per heavy atom. The monoisotopic (exact) mass is 412 g/mol. The number of carbonyl (C=O) groups is 1. The summed E-state index contributed by atoms with van der Waals surface area (Å²) in [5.74, 6) is 0.973. The van der Waals surface area contributed by atoms with E-state index in [1.54, 1.807) is 0 Å². The molecule has 1 aromatic carbocycles. The van der Waals surface area contributed by atoms with Gasteiger partial charge >= 0.3 is 0 Å². The Labute approximate surface area is 177 Å². The lowest BCUT2D eigenvalue weighted by Crippen LogP contribution is -2.37. The number of anilines is 1. The van der Waals surface area contributed by atoms with Crippen molar-refractivity contribution in [2.45, 2.75) is 71.0 Å². The normalized spacial score (nSPS) is 19.8. The third-order valence-corrected chi connectivity index (χ3v) is 5.23. The first-order valence-corrected chi connectivity index (χ1v) is 10.7. The molecular weight excluding hydrogens is 380 g/mol. The van der Waals surface area contributed by atoms with Gasteiger partial charge in [0.15, 0.2) is 0 Å². The van der Waals surface area contributed by atoms with Crippen molar-refractivity contribution in [1.82, 2.24) is 15.3 Å². The number of aromatic nitrogens is 2. The molecule has 2 aromatic rings. The predicted octanol–water partition coefficient (Wildman–Crippen LogP) is 2.54. The Morgan fingerprint density at radius 3 is 2.80 bits per heavy atom. The van der Waals surface area contributed by atoms with E-state index in [-0.39, 0.29) is 36.5 Å². The number of rotatable bonds is 7. The Balaban J connectivity index is 1.97. The number of amidine groups is 1. The van der Waals surface area contributed by atoms with E-state index >= 15 is 0 Å². The number of aliphatic hydroxyl groups is 1. The van der Waals surface area contributed by atoms with Crippen LogP contribution in [0.3, 0.4) is 0 Å². The minimum absolute atomic E-state index is 0.00205. The van der Waals surface area contributed by atoms with E-state index in [0.29, 0.717) is 18.1 Å². The topological polar surface area (TPSA) is 126 Å². The molecule has 0 unspecified atom stereocenters. The molecule has 2 atom stereocenters. The number of aryl methyl sites for hydroxylation is 1. The van der Waals surface area contributed by atoms with E-state index in [1.165, 1.54) is 0 Å². The summed E-state index contributed by atoms with van der Waals surface area (Å²) in [4.78, 5) is 26.3. The fraction of sp³-hybridized carbons (Fsp3) is 0.545. The largest absolute Gasteiger partial charge is 0.396 e. The van der Waals surface area contributed by atoms with E-state index in [0.717, 1.165) is 42.1 Å². The number of nitrogens with two attached hydrogens (primary N) is 1. The molecule has 0 saturated heterocycles. The van der Waals surface area contributed by atoms with Crippen LogP contribution in [0.4, 0.5) is 5.82 Å². The molecule has 0 bridgehead atoms. The lowest BCUT2D eigenvalue weighted by Gasteiger charge is -2.30. The van der Waals surface area contributed by atoms with Crippen LogP contribution in [-0.4, -0.2) is 51.5 Å². The van der Waals surface area contributed by atoms with Crippen LogP contribution >= 0.6 is 0 Å². The van der Waals surface area contributed by atoms with Crippen LogP contribution in [0.15, 0.2) is 23.2 Å². The maximum absolute atomic E-state index is 12.6. The zero-order valence-electron chi connectivity index (χ0n) is 18.0. The first-order valence-electron chi connectivity index (χ1n) is 10.7. The summed E-state index contributed by atoms with van der Waals surface area (Å²) in [6.07, 6.45) is 4.41. The van der Waals surface area contributed by atoms with Gasteiger partial charge in [-0.3, -0.25) is 9.79 Å². The highest BCUT2D eigenvalue weighted by Crippen LogP contribution is 2.28. The number of nitrogens with one attached hydrogen (secondary N) is 2. The molecule has 162 valence electrons. The number of hydrogen-bond donors (Lipinski definition) is 4. The van der Waals surface area contributed by atoms with Crippen LogP contribution in [0, 0.1) is 6.92 Å². The van der Waals surface area contributed by atoms with Crippen molar-refractivity contribution in [2.75, 3.05) is 11.9 Å². The lowest BCUT2D eigenvalue weighted by atomic mass is 9.90. The molecule has 30 heavy (non-hydrogen) atoms. The minimum atomic E-state index is -0.291. The third kappa shape index (κ3) is 5.44. The number of hydrogen-bond acceptors (Lipinski definition) is 6. The molecule has 0 spiro atoms. The van der Waals surface area contributed by atoms with Crippen LogP contribution in [0.5, 0.6) is 0 Å². The van der Waals surface area contributed by atoms with Crippen LogP contribution in [-0.2, 0) is 0 Å². The summed E-state index contributed by atoms with van der Waals surface area (Å²) in [5, 5.41) is 16.4. The molecule has 1 amide bonds. The summed E-state index contributed by atoms with van der Waals surface area (Å²) >= 11 is 0. The second-order valence-corrected chi connectivity index (χ2v) is 8.24. The lowest BCUT2D eigenvalue weighted by molar-refractivity contribution is 0.0933. The summed E-state index contributed by atoms with van der Waals surface area (Å²) in [7, 11) is 0. The molecule has 8 heteroatoms. The van der Waals surface area contributed by atoms with Crippen LogP contribution in [0.2, 0.25) is 0 Å². The van der Waals surface area contributed by atoms with Gasteiger partial charge in [-0.25, -0.2) is 9.97 Å². The van der Waals surface area contributed by atoms with Crippen LogP contribution in [0.25, 0.3) is 10.9 Å². The van der Waals surface area contributed by atoms with Gasteiger partial charge < -0.3 is 21.5 Å². The number of aliphatic hydroxyl groups excluding tert-OH is 1. The smallest absolute Gasteiger partial charge is 0.289 e. The maximum atomic E-state index is 12.6. The van der Waals surface area contributed by atoms with Crippen molar-refractivity contribution < 1.29 is 9.90 Å². The van der Waals surface area contributed by atoms with Crippen molar-refractivity contribution in [2.24, 2.45) is 10.7 Å². The van der Waals surface area contributed by atoms with E-state index < -0.39 is 0 Å². The Kier molecular flexibility index (Phi) is 7.20. The Morgan fingerprint density at radius 2 is 2.07 bits per heavy atom. The number of nitrogens with zero attached hydrogens (tertiary/aromatic N) is 3.